The number of carbonyl (C=O) groups is 1. The zero-order chi connectivity index (χ0) is 19.2. The number of anilines is 2. The third-order valence-corrected chi connectivity index (χ3v) is 4.77. The molecule has 3 rings (SSSR count). The van der Waals surface area contributed by atoms with Gasteiger partial charge in [-0.05, 0) is 55.2 Å². The van der Waals surface area contributed by atoms with Gasteiger partial charge in [-0.1, -0.05) is 6.07 Å². The highest BCUT2D eigenvalue weighted by Crippen LogP contribution is 2.30. The summed E-state index contributed by atoms with van der Waals surface area (Å²) >= 11 is 0. The summed E-state index contributed by atoms with van der Waals surface area (Å²) in [5, 5.41) is 2.87. The van der Waals surface area contributed by atoms with Gasteiger partial charge in [0.2, 0.25) is 5.91 Å². The van der Waals surface area contributed by atoms with E-state index in [1.165, 1.54) is 12.1 Å². The molecule has 0 bridgehead atoms. The van der Waals surface area contributed by atoms with Crippen LogP contribution in [0.3, 0.4) is 0 Å². The predicted molar refractivity (Wildman–Crippen MR) is 104 cm³/mol. The number of carbonyl (C=O) groups excluding carboxylic acids is 1. The normalized spacial score (nSPS) is 13.5. The van der Waals surface area contributed by atoms with Crippen LogP contribution in [0.5, 0.6) is 11.5 Å². The standard InChI is InChI=1S/C21H25FN2O3/c1-26-19-9-5-15(13-20(19)27-2)6-10-21(25)23-17-14-16(22)7-8-18(17)24-11-3-4-12-24/h5,7-9,13-14H,3-4,6,10-12H2,1-2H3,(H,23,25). The molecule has 0 aromatic heterocycles. The van der Waals surface area contributed by atoms with Crippen LogP contribution in [0.15, 0.2) is 36.4 Å². The van der Waals surface area contributed by atoms with Crippen molar-refractivity contribution in [3.63, 3.8) is 0 Å². The number of amides is 1. The van der Waals surface area contributed by atoms with Crippen molar-refractivity contribution in [3.05, 3.63) is 47.8 Å². The molecule has 5 nitrogen and oxygen atoms in total. The first kappa shape index (κ1) is 19.0. The number of ether oxygens (including phenoxy) is 2. The van der Waals surface area contributed by atoms with Gasteiger partial charge in [-0.3, -0.25) is 4.79 Å². The van der Waals surface area contributed by atoms with Gasteiger partial charge >= 0.3 is 0 Å². The van der Waals surface area contributed by atoms with Gasteiger partial charge in [-0.25, -0.2) is 4.39 Å². The van der Waals surface area contributed by atoms with E-state index in [0.29, 0.717) is 30.0 Å². The predicted octanol–water partition coefficient (Wildman–Crippen LogP) is 4.01. The summed E-state index contributed by atoms with van der Waals surface area (Å²) in [7, 11) is 3.17. The molecule has 0 unspecified atom stereocenters. The third-order valence-electron chi connectivity index (χ3n) is 4.77. The highest BCUT2D eigenvalue weighted by Gasteiger charge is 2.17. The molecule has 0 spiro atoms. The molecule has 0 radical (unpaired) electrons. The summed E-state index contributed by atoms with van der Waals surface area (Å²) in [5.41, 5.74) is 2.39. The molecule has 1 aliphatic rings. The number of aryl methyl sites for hydroxylation is 1. The molecule has 1 heterocycles. The van der Waals surface area contributed by atoms with Crippen LogP contribution in [0, 0.1) is 5.82 Å². The Morgan fingerprint density at radius 1 is 1.07 bits per heavy atom. The topological polar surface area (TPSA) is 50.8 Å². The van der Waals surface area contributed by atoms with Crippen LogP contribution < -0.4 is 19.7 Å². The molecule has 1 amide bonds. The van der Waals surface area contributed by atoms with E-state index in [1.54, 1.807) is 20.3 Å². The molecular weight excluding hydrogens is 347 g/mol. The second-order valence-corrected chi connectivity index (χ2v) is 6.59. The Hall–Kier alpha value is -2.76. The van der Waals surface area contributed by atoms with E-state index in [9.17, 15) is 9.18 Å². The number of nitrogens with zero attached hydrogens (tertiary/aromatic N) is 1. The van der Waals surface area contributed by atoms with E-state index in [1.807, 2.05) is 18.2 Å². The average Bonchev–Trinajstić information content (AvgIpc) is 3.20. The summed E-state index contributed by atoms with van der Waals surface area (Å²) in [4.78, 5) is 14.6. The molecule has 1 fully saturated rings. The van der Waals surface area contributed by atoms with Crippen molar-refractivity contribution >= 4 is 17.3 Å². The van der Waals surface area contributed by atoms with Crippen LogP contribution in [0.2, 0.25) is 0 Å². The number of nitrogens with one attached hydrogen (secondary N) is 1. The fourth-order valence-corrected chi connectivity index (χ4v) is 3.35. The molecule has 2 aromatic carbocycles. The van der Waals surface area contributed by atoms with E-state index in [2.05, 4.69) is 10.2 Å². The van der Waals surface area contributed by atoms with Gasteiger partial charge in [0.15, 0.2) is 11.5 Å². The van der Waals surface area contributed by atoms with E-state index >= 15 is 0 Å². The van der Waals surface area contributed by atoms with Crippen LogP contribution in [-0.4, -0.2) is 33.2 Å². The Bertz CT molecular complexity index is 804. The van der Waals surface area contributed by atoms with Crippen molar-refractivity contribution in [2.75, 3.05) is 37.5 Å². The lowest BCUT2D eigenvalue weighted by Gasteiger charge is -2.21. The number of halogens is 1. The maximum Gasteiger partial charge on any atom is 0.224 e. The maximum atomic E-state index is 13.7. The second-order valence-electron chi connectivity index (χ2n) is 6.59. The number of methoxy groups -OCH3 is 2. The van der Waals surface area contributed by atoms with Crippen LogP contribution in [0.1, 0.15) is 24.8 Å². The third kappa shape index (κ3) is 4.70. The van der Waals surface area contributed by atoms with Gasteiger partial charge in [-0.15, -0.1) is 0 Å². The first-order valence-corrected chi connectivity index (χ1v) is 9.16. The number of rotatable bonds is 7. The Balaban J connectivity index is 1.65. The first-order valence-electron chi connectivity index (χ1n) is 9.16. The van der Waals surface area contributed by atoms with Crippen molar-refractivity contribution in [1.29, 1.82) is 0 Å². The monoisotopic (exact) mass is 372 g/mol. The van der Waals surface area contributed by atoms with Gasteiger partial charge in [-0.2, -0.15) is 0 Å². The van der Waals surface area contributed by atoms with Crippen LogP contribution in [0.25, 0.3) is 0 Å². The van der Waals surface area contributed by atoms with Gasteiger partial charge in [0.25, 0.3) is 0 Å². The van der Waals surface area contributed by atoms with Gasteiger partial charge < -0.3 is 19.7 Å². The number of benzene rings is 2. The average molecular weight is 372 g/mol. The minimum Gasteiger partial charge on any atom is -0.493 e. The molecule has 27 heavy (non-hydrogen) atoms. The summed E-state index contributed by atoms with van der Waals surface area (Å²) in [6.07, 6.45) is 3.08. The molecule has 1 saturated heterocycles. The molecule has 1 N–H and O–H groups in total. The minimum absolute atomic E-state index is 0.143. The van der Waals surface area contributed by atoms with Crippen molar-refractivity contribution in [3.8, 4) is 11.5 Å². The number of hydrogen-bond acceptors (Lipinski definition) is 4. The second kappa shape index (κ2) is 8.75. The summed E-state index contributed by atoms with van der Waals surface area (Å²) in [6.45, 7) is 1.86. The van der Waals surface area contributed by atoms with Crippen LogP contribution in [-0.2, 0) is 11.2 Å². The minimum atomic E-state index is -0.354. The lowest BCUT2D eigenvalue weighted by Crippen LogP contribution is -2.21. The van der Waals surface area contributed by atoms with E-state index in [0.717, 1.165) is 37.2 Å². The summed E-state index contributed by atoms with van der Waals surface area (Å²) in [5.74, 6) is 0.793. The zero-order valence-corrected chi connectivity index (χ0v) is 15.8. The van der Waals surface area contributed by atoms with E-state index in [-0.39, 0.29) is 11.7 Å². The SMILES string of the molecule is COc1ccc(CCC(=O)Nc2cc(F)ccc2N2CCCC2)cc1OC. The van der Waals surface area contributed by atoms with Gasteiger partial charge in [0.1, 0.15) is 5.82 Å². The van der Waals surface area contributed by atoms with Crippen molar-refractivity contribution < 1.29 is 18.7 Å². The number of hydrogen-bond donors (Lipinski definition) is 1. The van der Waals surface area contributed by atoms with Crippen molar-refractivity contribution in [2.24, 2.45) is 0 Å². The molecule has 6 heteroatoms. The molecule has 0 saturated carbocycles. The first-order chi connectivity index (χ1) is 13.1. The fourth-order valence-electron chi connectivity index (χ4n) is 3.35. The summed E-state index contributed by atoms with van der Waals surface area (Å²) < 4.78 is 24.2. The molecule has 2 aromatic rings. The summed E-state index contributed by atoms with van der Waals surface area (Å²) in [6, 6.07) is 10.2. The lowest BCUT2D eigenvalue weighted by atomic mass is 10.1. The molecule has 1 aliphatic heterocycles. The largest absolute Gasteiger partial charge is 0.493 e. The molecule has 0 aliphatic carbocycles. The lowest BCUT2D eigenvalue weighted by molar-refractivity contribution is -0.116. The highest BCUT2D eigenvalue weighted by atomic mass is 19.1. The molecule has 144 valence electrons. The Morgan fingerprint density at radius 3 is 2.52 bits per heavy atom. The van der Waals surface area contributed by atoms with Crippen LogP contribution in [0.4, 0.5) is 15.8 Å². The van der Waals surface area contributed by atoms with Gasteiger partial charge in [0, 0.05) is 19.5 Å². The Morgan fingerprint density at radius 2 is 1.81 bits per heavy atom. The van der Waals surface area contributed by atoms with Crippen LogP contribution >= 0.6 is 0 Å². The Labute approximate surface area is 159 Å². The van der Waals surface area contributed by atoms with E-state index < -0.39 is 0 Å². The van der Waals surface area contributed by atoms with Gasteiger partial charge in [0.05, 0.1) is 25.6 Å². The highest BCUT2D eigenvalue weighted by molar-refractivity contribution is 5.94. The van der Waals surface area contributed by atoms with Crippen molar-refractivity contribution in [2.45, 2.75) is 25.7 Å². The quantitative estimate of drug-likeness (QED) is 0.798. The Kier molecular flexibility index (Phi) is 6.16. The van der Waals surface area contributed by atoms with E-state index in [4.69, 9.17) is 9.47 Å². The molecular formula is C21H25FN2O3. The maximum absolute atomic E-state index is 13.7. The smallest absolute Gasteiger partial charge is 0.224 e. The molecule has 0 atom stereocenters. The zero-order valence-electron chi connectivity index (χ0n) is 15.8. The fraction of sp³-hybridized carbons (Fsp3) is 0.381. The van der Waals surface area contributed by atoms with Crippen molar-refractivity contribution in [1.82, 2.24) is 0 Å².